The Morgan fingerprint density at radius 3 is 2.08 bits per heavy atom. The van der Waals surface area contributed by atoms with E-state index in [9.17, 15) is 4.57 Å². The highest BCUT2D eigenvalue weighted by molar-refractivity contribution is 8.04. The lowest BCUT2D eigenvalue weighted by molar-refractivity contribution is 0.0921. The molecule has 2 aromatic carbocycles. The third-order valence-electron chi connectivity index (χ3n) is 6.13. The maximum Gasteiger partial charge on any atom is 0.334 e. The fourth-order valence-electron chi connectivity index (χ4n) is 3.30. The van der Waals surface area contributed by atoms with Gasteiger partial charge in [-0.05, 0) is 84.9 Å². The number of azide groups is 1. The quantitative estimate of drug-likeness (QED) is 0.0532. The van der Waals surface area contributed by atoms with E-state index in [1.807, 2.05) is 76.3 Å². The van der Waals surface area contributed by atoms with Gasteiger partial charge in [0.05, 0.1) is 19.2 Å². The second-order valence-electron chi connectivity index (χ2n) is 8.93. The number of benzene rings is 2. The molecule has 0 bridgehead atoms. The molecule has 0 fully saturated rings. The first-order valence-corrected chi connectivity index (χ1v) is 16.4. The molecule has 2 rings (SSSR count). The molecule has 3 atom stereocenters. The van der Waals surface area contributed by atoms with E-state index in [1.54, 1.807) is 17.9 Å². The number of nitrogens with zero attached hydrogens (tertiary/aromatic N) is 5. The molecule has 10 nitrogen and oxygen atoms in total. The average Bonchev–Trinajstić information content (AvgIpc) is 2.93. The zero-order chi connectivity index (χ0) is 28.4. The van der Waals surface area contributed by atoms with E-state index in [2.05, 4.69) is 15.1 Å². The van der Waals surface area contributed by atoms with Crippen LogP contribution in [0, 0.1) is 0 Å². The summed E-state index contributed by atoms with van der Waals surface area (Å²) in [6.45, 7) is 6.00. The van der Waals surface area contributed by atoms with E-state index in [4.69, 9.17) is 35.9 Å². The average molecular weight is 582 g/mol. The molecular weight excluding hydrogens is 544 g/mol. The summed E-state index contributed by atoms with van der Waals surface area (Å²) in [6, 6.07) is 14.7. The van der Waals surface area contributed by atoms with Gasteiger partial charge >= 0.3 is 7.60 Å². The minimum atomic E-state index is -3.14. The Balaban J connectivity index is 2.07. The minimum Gasteiger partial charge on any atom is -0.481 e. The van der Waals surface area contributed by atoms with Crippen molar-refractivity contribution in [3.8, 4) is 11.5 Å². The molecule has 0 aliphatic heterocycles. The molecule has 0 N–H and O–H groups in total. The van der Waals surface area contributed by atoms with Crippen LogP contribution in [-0.4, -0.2) is 43.3 Å². The topological polar surface area (TPSA) is 118 Å². The van der Waals surface area contributed by atoms with Crippen LogP contribution in [-0.2, 0) is 31.6 Å². The predicted octanol–water partition coefficient (Wildman–Crippen LogP) is 7.55. The van der Waals surface area contributed by atoms with Crippen LogP contribution >= 0.6 is 14.4 Å². The van der Waals surface area contributed by atoms with Crippen LogP contribution in [0.4, 0.5) is 0 Å². The van der Waals surface area contributed by atoms with E-state index >= 15 is 0 Å². The Hall–Kier alpha value is -2.38. The molecular formula is C25H37N5O5P2S. The smallest absolute Gasteiger partial charge is 0.334 e. The standard InChI is InChI=1S/C25H37N5O5P2S/c1-8-24(3,28-29-26)34-22-14-10-20(11-15-22)18-27-30(5)36(38)25(4,9-2)35-23-16-12-21(13-17-23)19-37(31,32-6)33-7/h10-18,36H,8-9,19H2,1-7H3/b27-18+. The highest BCUT2D eigenvalue weighted by Gasteiger charge is 2.31. The molecule has 0 amide bonds. The van der Waals surface area contributed by atoms with Crippen LogP contribution in [0.25, 0.3) is 10.4 Å². The van der Waals surface area contributed by atoms with E-state index in [-0.39, 0.29) is 6.16 Å². The molecule has 3 unspecified atom stereocenters. The summed E-state index contributed by atoms with van der Waals surface area (Å²) in [7, 11) is 1.46. The van der Waals surface area contributed by atoms with Crippen molar-refractivity contribution in [2.24, 2.45) is 10.2 Å². The summed E-state index contributed by atoms with van der Waals surface area (Å²) in [5.74, 6) is 1.27. The summed E-state index contributed by atoms with van der Waals surface area (Å²) in [5.41, 5.74) is 9.52. The largest absolute Gasteiger partial charge is 0.481 e. The summed E-state index contributed by atoms with van der Waals surface area (Å²) in [5, 5.41) is 7.71. The lowest BCUT2D eigenvalue weighted by Gasteiger charge is -2.34. The first-order valence-electron chi connectivity index (χ1n) is 12.1. The number of hydrazone groups is 1. The zero-order valence-electron chi connectivity index (χ0n) is 23.0. The first kappa shape index (κ1) is 31.8. The van der Waals surface area contributed by atoms with Crippen LogP contribution in [0.3, 0.4) is 0 Å². The van der Waals surface area contributed by atoms with Gasteiger partial charge in [-0.25, -0.2) is 0 Å². The van der Waals surface area contributed by atoms with Gasteiger partial charge in [0.15, 0.2) is 5.72 Å². The highest BCUT2D eigenvalue weighted by atomic mass is 32.4. The Labute approximate surface area is 231 Å². The number of hydrogen-bond donors (Lipinski definition) is 0. The second-order valence-corrected chi connectivity index (χ2v) is 14.7. The van der Waals surface area contributed by atoms with Crippen LogP contribution in [0.1, 0.15) is 51.7 Å². The van der Waals surface area contributed by atoms with Crippen LogP contribution in [0.15, 0.2) is 58.7 Å². The van der Waals surface area contributed by atoms with Gasteiger partial charge in [-0.1, -0.05) is 37.8 Å². The minimum absolute atomic E-state index is 0.178. The second kappa shape index (κ2) is 14.1. The van der Waals surface area contributed by atoms with E-state index in [0.29, 0.717) is 24.3 Å². The van der Waals surface area contributed by atoms with Gasteiger partial charge in [0, 0.05) is 26.2 Å². The Bertz CT molecular complexity index is 1200. The molecule has 0 aliphatic carbocycles. The molecule has 0 spiro atoms. The van der Waals surface area contributed by atoms with Crippen molar-refractivity contribution < 1.29 is 23.1 Å². The summed E-state index contributed by atoms with van der Waals surface area (Å²) in [4.78, 5) is 2.87. The summed E-state index contributed by atoms with van der Waals surface area (Å²) < 4.78 is 36.4. The maximum absolute atomic E-state index is 12.4. The van der Waals surface area contributed by atoms with Crippen LogP contribution in [0.2, 0.25) is 0 Å². The normalized spacial score (nSPS) is 15.7. The molecule has 208 valence electrons. The van der Waals surface area contributed by atoms with Crippen LogP contribution < -0.4 is 9.47 Å². The molecule has 0 aliphatic rings. The zero-order valence-corrected chi connectivity index (χ0v) is 25.7. The van der Waals surface area contributed by atoms with Crippen LogP contribution in [0.5, 0.6) is 11.5 Å². The first-order chi connectivity index (χ1) is 17.9. The number of ether oxygens (including phenoxy) is 2. The molecule has 0 radical (unpaired) electrons. The highest BCUT2D eigenvalue weighted by Crippen LogP contribution is 2.50. The maximum atomic E-state index is 12.4. The fraction of sp³-hybridized carbons (Fsp3) is 0.480. The molecule has 0 saturated carbocycles. The number of hydrogen-bond acceptors (Lipinski definition) is 8. The molecule has 13 heteroatoms. The molecule has 0 saturated heterocycles. The van der Waals surface area contributed by atoms with Gasteiger partial charge < -0.3 is 18.5 Å². The third kappa shape index (κ3) is 8.84. The van der Waals surface area contributed by atoms with Gasteiger partial charge in [0.25, 0.3) is 0 Å². The fourth-order valence-corrected chi connectivity index (χ4v) is 6.42. The molecule has 0 aromatic heterocycles. The molecule has 2 aromatic rings. The van der Waals surface area contributed by atoms with Gasteiger partial charge in [-0.3, -0.25) is 9.34 Å². The van der Waals surface area contributed by atoms with E-state index in [1.165, 1.54) is 14.2 Å². The Kier molecular flexibility index (Phi) is 11.8. The van der Waals surface area contributed by atoms with Crippen molar-refractivity contribution in [2.75, 3.05) is 21.3 Å². The molecule has 0 heterocycles. The van der Waals surface area contributed by atoms with Gasteiger partial charge in [0.1, 0.15) is 16.8 Å². The van der Waals surface area contributed by atoms with Crippen molar-refractivity contribution >= 4 is 32.5 Å². The van der Waals surface area contributed by atoms with Gasteiger partial charge in [-0.2, -0.15) is 5.10 Å². The predicted molar refractivity (Wildman–Crippen MR) is 157 cm³/mol. The van der Waals surface area contributed by atoms with Crippen molar-refractivity contribution in [1.82, 2.24) is 4.78 Å². The van der Waals surface area contributed by atoms with Gasteiger partial charge in [0.2, 0.25) is 0 Å². The summed E-state index contributed by atoms with van der Waals surface area (Å²) >= 11 is 5.92. The lowest BCUT2D eigenvalue weighted by Crippen LogP contribution is -2.30. The van der Waals surface area contributed by atoms with E-state index < -0.39 is 25.5 Å². The van der Waals surface area contributed by atoms with Crippen molar-refractivity contribution in [2.45, 2.75) is 57.8 Å². The van der Waals surface area contributed by atoms with Crippen molar-refractivity contribution in [3.63, 3.8) is 0 Å². The monoisotopic (exact) mass is 581 g/mol. The Morgan fingerprint density at radius 1 is 1.03 bits per heavy atom. The van der Waals surface area contributed by atoms with E-state index in [0.717, 1.165) is 11.1 Å². The Morgan fingerprint density at radius 2 is 1.58 bits per heavy atom. The van der Waals surface area contributed by atoms with Crippen molar-refractivity contribution in [3.05, 3.63) is 70.1 Å². The molecule has 38 heavy (non-hydrogen) atoms. The lowest BCUT2D eigenvalue weighted by atomic mass is 10.2. The number of rotatable bonds is 15. The third-order valence-corrected chi connectivity index (χ3v) is 12.1. The van der Waals surface area contributed by atoms with Gasteiger partial charge in [-0.15, -0.1) is 0 Å². The summed E-state index contributed by atoms with van der Waals surface area (Å²) in [6.07, 6.45) is 3.16. The SMILES string of the molecule is CCC(C)(N=[N+]=[N-])Oc1ccc(/C=N/N(C)[PH](=S)C(C)(CC)Oc2ccc(CP(=O)(OC)OC)cc2)cc1. The van der Waals surface area contributed by atoms with Crippen molar-refractivity contribution in [1.29, 1.82) is 0 Å².